The Morgan fingerprint density at radius 1 is 1.30 bits per heavy atom. The Bertz CT molecular complexity index is 1070. The molecule has 1 aromatic heterocycles. The highest BCUT2D eigenvalue weighted by Crippen LogP contribution is 2.25. The number of fused-ring (bicyclic) bond motifs is 1. The van der Waals surface area contributed by atoms with Gasteiger partial charge in [-0.2, -0.15) is 0 Å². The maximum Gasteiger partial charge on any atom is 0.337 e. The van der Waals surface area contributed by atoms with Gasteiger partial charge in [0, 0.05) is 4.47 Å². The number of hydrogen-bond acceptors (Lipinski definition) is 3. The van der Waals surface area contributed by atoms with Gasteiger partial charge in [-0.25, -0.2) is 4.79 Å². The second-order valence-electron chi connectivity index (χ2n) is 4.70. The van der Waals surface area contributed by atoms with Gasteiger partial charge in [-0.1, -0.05) is 33.6 Å². The summed E-state index contributed by atoms with van der Waals surface area (Å²) in [5.74, 6) is -1.18. The van der Waals surface area contributed by atoms with Crippen LogP contribution in [0.15, 0.2) is 45.7 Å². The Morgan fingerprint density at radius 3 is 2.74 bits per heavy atom. The number of rotatable bonds is 2. The van der Waals surface area contributed by atoms with Crippen molar-refractivity contribution in [3.63, 3.8) is 0 Å². The Hall–Kier alpha value is -1.96. The van der Waals surface area contributed by atoms with Crippen LogP contribution in [0.5, 0.6) is 0 Å². The van der Waals surface area contributed by atoms with Gasteiger partial charge in [-0.15, -0.1) is 0 Å². The molecule has 2 aromatic carbocycles. The van der Waals surface area contributed by atoms with Crippen molar-refractivity contribution >= 4 is 56.6 Å². The molecule has 3 aromatic rings. The lowest BCUT2D eigenvalue weighted by atomic mass is 10.2. The first kappa shape index (κ1) is 15.9. The number of carboxylic acids is 1. The van der Waals surface area contributed by atoms with E-state index in [9.17, 15) is 9.59 Å². The summed E-state index contributed by atoms with van der Waals surface area (Å²) in [7, 11) is 0. The molecular weight excluding hydrogens is 404 g/mol. The summed E-state index contributed by atoms with van der Waals surface area (Å²) in [4.78, 5) is 26.9. The minimum atomic E-state index is -1.18. The quantitative estimate of drug-likeness (QED) is 0.621. The molecule has 8 heteroatoms. The van der Waals surface area contributed by atoms with E-state index >= 15 is 0 Å². The van der Waals surface area contributed by atoms with E-state index in [0.29, 0.717) is 10.9 Å². The monoisotopic (exact) mass is 410 g/mol. The Labute approximate surface area is 148 Å². The van der Waals surface area contributed by atoms with Gasteiger partial charge in [-0.3, -0.25) is 9.36 Å². The number of nitrogens with one attached hydrogen (secondary N) is 1. The zero-order valence-electron chi connectivity index (χ0n) is 11.3. The number of benzene rings is 2. The van der Waals surface area contributed by atoms with Crippen LogP contribution in [0.2, 0.25) is 5.02 Å². The van der Waals surface area contributed by atoms with Gasteiger partial charge < -0.3 is 10.1 Å². The summed E-state index contributed by atoms with van der Waals surface area (Å²) in [5, 5.41) is 9.54. The fourth-order valence-electron chi connectivity index (χ4n) is 2.27. The normalized spacial score (nSPS) is 10.9. The molecule has 2 N–H and O–H groups in total. The van der Waals surface area contributed by atoms with Crippen LogP contribution in [-0.4, -0.2) is 20.6 Å². The molecule has 1 heterocycles. The number of aromatic nitrogens is 2. The Balaban J connectivity index is 2.41. The number of H-pyrrole nitrogens is 1. The van der Waals surface area contributed by atoms with Crippen molar-refractivity contribution in [3.8, 4) is 5.69 Å². The minimum absolute atomic E-state index is 0.0435. The first-order valence-electron chi connectivity index (χ1n) is 6.37. The maximum atomic E-state index is 12.7. The lowest BCUT2D eigenvalue weighted by Crippen LogP contribution is -2.21. The van der Waals surface area contributed by atoms with Crippen LogP contribution in [0.4, 0.5) is 0 Å². The largest absolute Gasteiger partial charge is 0.478 e. The highest BCUT2D eigenvalue weighted by atomic mass is 79.9. The Kier molecular flexibility index (Phi) is 4.09. The van der Waals surface area contributed by atoms with Crippen LogP contribution in [0.1, 0.15) is 10.4 Å². The van der Waals surface area contributed by atoms with E-state index in [4.69, 9.17) is 28.9 Å². The van der Waals surface area contributed by atoms with Gasteiger partial charge in [0.05, 0.1) is 27.2 Å². The molecule has 0 aliphatic heterocycles. The molecule has 116 valence electrons. The van der Waals surface area contributed by atoms with E-state index in [1.807, 2.05) is 0 Å². The molecule has 0 aliphatic carbocycles. The van der Waals surface area contributed by atoms with Crippen molar-refractivity contribution in [3.05, 3.63) is 66.6 Å². The average molecular weight is 412 g/mol. The number of aromatic amines is 1. The van der Waals surface area contributed by atoms with Crippen LogP contribution < -0.4 is 5.56 Å². The van der Waals surface area contributed by atoms with Gasteiger partial charge in [-0.05, 0) is 42.5 Å². The number of carboxylic acid groups (broad SMARTS) is 1. The van der Waals surface area contributed by atoms with Crippen molar-refractivity contribution in [1.82, 2.24) is 9.55 Å². The van der Waals surface area contributed by atoms with Crippen molar-refractivity contribution in [2.75, 3.05) is 0 Å². The molecule has 0 radical (unpaired) electrons. The second kappa shape index (κ2) is 5.92. The topological polar surface area (TPSA) is 75.1 Å². The highest BCUT2D eigenvalue weighted by molar-refractivity contribution is 9.10. The van der Waals surface area contributed by atoms with E-state index in [1.165, 1.54) is 16.7 Å². The van der Waals surface area contributed by atoms with Crippen LogP contribution in [0.3, 0.4) is 0 Å². The summed E-state index contributed by atoms with van der Waals surface area (Å²) in [6.07, 6.45) is 0. The molecule has 23 heavy (non-hydrogen) atoms. The molecule has 0 aliphatic rings. The Morgan fingerprint density at radius 2 is 2.04 bits per heavy atom. The third kappa shape index (κ3) is 2.71. The van der Waals surface area contributed by atoms with Gasteiger partial charge in [0.25, 0.3) is 5.56 Å². The van der Waals surface area contributed by atoms with Crippen LogP contribution in [0, 0.1) is 4.77 Å². The first-order chi connectivity index (χ1) is 10.9. The summed E-state index contributed by atoms with van der Waals surface area (Å²) in [6, 6.07) is 9.55. The van der Waals surface area contributed by atoms with E-state index in [1.54, 1.807) is 24.3 Å². The summed E-state index contributed by atoms with van der Waals surface area (Å²) in [6.45, 7) is 0. The zero-order chi connectivity index (χ0) is 16.7. The molecule has 0 fully saturated rings. The predicted molar refractivity (Wildman–Crippen MR) is 94.4 cm³/mol. The average Bonchev–Trinajstić information content (AvgIpc) is 2.48. The smallest absolute Gasteiger partial charge is 0.337 e. The molecule has 0 saturated carbocycles. The van der Waals surface area contributed by atoms with E-state index < -0.39 is 5.97 Å². The minimum Gasteiger partial charge on any atom is -0.478 e. The fourth-order valence-corrected chi connectivity index (χ4v) is 3.21. The van der Waals surface area contributed by atoms with E-state index in [2.05, 4.69) is 20.9 Å². The summed E-state index contributed by atoms with van der Waals surface area (Å²) >= 11 is 14.7. The molecule has 3 rings (SSSR count). The van der Waals surface area contributed by atoms with Crippen LogP contribution in [0.25, 0.3) is 16.6 Å². The van der Waals surface area contributed by atoms with Gasteiger partial charge in [0.2, 0.25) is 0 Å². The molecule has 0 amide bonds. The molecule has 0 unspecified atom stereocenters. The van der Waals surface area contributed by atoms with Gasteiger partial charge in [0.1, 0.15) is 0 Å². The molecule has 5 nitrogen and oxygen atoms in total. The SMILES string of the molecule is O=C(O)c1cccc(-n2c(=S)[nH]c3cc(Br)ccc3c2=O)c1Cl. The second-order valence-corrected chi connectivity index (χ2v) is 6.38. The van der Waals surface area contributed by atoms with Gasteiger partial charge >= 0.3 is 5.97 Å². The van der Waals surface area contributed by atoms with Crippen LogP contribution in [-0.2, 0) is 0 Å². The van der Waals surface area contributed by atoms with Crippen molar-refractivity contribution in [2.24, 2.45) is 0 Å². The lowest BCUT2D eigenvalue weighted by molar-refractivity contribution is 0.0697. The first-order valence-corrected chi connectivity index (χ1v) is 7.95. The van der Waals surface area contributed by atoms with Crippen molar-refractivity contribution in [1.29, 1.82) is 0 Å². The number of aromatic carboxylic acids is 1. The zero-order valence-corrected chi connectivity index (χ0v) is 14.5. The fraction of sp³-hybridized carbons (Fsp3) is 0. The maximum absolute atomic E-state index is 12.7. The third-order valence-electron chi connectivity index (χ3n) is 3.31. The third-order valence-corrected chi connectivity index (χ3v) is 4.48. The summed E-state index contributed by atoms with van der Waals surface area (Å²) in [5.41, 5.74) is 0.334. The number of hydrogen-bond donors (Lipinski definition) is 2. The van der Waals surface area contributed by atoms with E-state index in [0.717, 1.165) is 4.47 Å². The molecule has 0 atom stereocenters. The van der Waals surface area contributed by atoms with Gasteiger partial charge in [0.15, 0.2) is 4.77 Å². The number of nitrogens with zero attached hydrogens (tertiary/aromatic N) is 1. The summed E-state index contributed by atoms with van der Waals surface area (Å²) < 4.78 is 2.13. The lowest BCUT2D eigenvalue weighted by Gasteiger charge is -2.11. The van der Waals surface area contributed by atoms with Crippen molar-refractivity contribution < 1.29 is 9.90 Å². The van der Waals surface area contributed by atoms with Crippen molar-refractivity contribution in [2.45, 2.75) is 0 Å². The standard InChI is InChI=1S/C15H8BrClN2O3S/c16-7-4-5-8-10(6-7)18-15(23)19(13(8)20)11-3-1-2-9(12(11)17)14(21)22/h1-6H,(H,18,23)(H,21,22). The number of halogens is 2. The molecular formula is C15H8BrClN2O3S. The van der Waals surface area contributed by atoms with Crippen LogP contribution >= 0.6 is 39.7 Å². The molecule has 0 saturated heterocycles. The molecule has 0 spiro atoms. The number of carbonyl (C=O) groups is 1. The molecule has 0 bridgehead atoms. The van der Waals surface area contributed by atoms with E-state index in [-0.39, 0.29) is 26.6 Å². The predicted octanol–water partition coefficient (Wildman–Crippen LogP) is 4.16. The highest BCUT2D eigenvalue weighted by Gasteiger charge is 2.16.